The van der Waals surface area contributed by atoms with Crippen LogP contribution in [-0.4, -0.2) is 30.4 Å². The largest absolute Gasteiger partial charge is 0.358 e. The van der Waals surface area contributed by atoms with E-state index in [4.69, 9.17) is 5.26 Å². The number of amides is 1. The fraction of sp³-hybridized carbons (Fsp3) is 0.500. The second-order valence-corrected chi connectivity index (χ2v) is 5.15. The second kappa shape index (κ2) is 7.06. The highest BCUT2D eigenvalue weighted by molar-refractivity contribution is 5.81. The molecule has 1 amide bonds. The Hall–Kier alpha value is -1.86. The molecule has 1 aromatic carbocycles. The van der Waals surface area contributed by atoms with E-state index in [2.05, 4.69) is 16.3 Å². The van der Waals surface area contributed by atoms with Gasteiger partial charge in [-0.1, -0.05) is 36.8 Å². The summed E-state index contributed by atoms with van der Waals surface area (Å²) in [5.74, 6) is 0.0589. The number of likely N-dealkylation sites (N-methyl/N-ethyl adjacent to an activating group) is 1. The number of nitrogens with one attached hydrogen (secondary N) is 1. The maximum absolute atomic E-state index is 12.1. The molecule has 0 aliphatic carbocycles. The molecular formula is C16H21N3O. The van der Waals surface area contributed by atoms with Crippen molar-refractivity contribution in [2.45, 2.75) is 37.8 Å². The highest BCUT2D eigenvalue weighted by Crippen LogP contribution is 2.30. The normalized spacial score (nSPS) is 20.9. The van der Waals surface area contributed by atoms with Crippen molar-refractivity contribution < 1.29 is 4.79 Å². The zero-order valence-corrected chi connectivity index (χ0v) is 11.9. The van der Waals surface area contributed by atoms with Crippen molar-refractivity contribution in [3.8, 4) is 6.07 Å². The number of piperidine rings is 1. The van der Waals surface area contributed by atoms with E-state index in [1.807, 2.05) is 30.3 Å². The fourth-order valence-electron chi connectivity index (χ4n) is 2.96. The van der Waals surface area contributed by atoms with Crippen molar-refractivity contribution in [1.82, 2.24) is 10.2 Å². The van der Waals surface area contributed by atoms with E-state index >= 15 is 0 Å². The highest BCUT2D eigenvalue weighted by atomic mass is 16.2. The molecule has 1 fully saturated rings. The number of benzene rings is 1. The van der Waals surface area contributed by atoms with E-state index in [-0.39, 0.29) is 18.0 Å². The van der Waals surface area contributed by atoms with Crippen LogP contribution in [0.5, 0.6) is 0 Å². The average molecular weight is 271 g/mol. The van der Waals surface area contributed by atoms with E-state index in [0.717, 1.165) is 31.4 Å². The Morgan fingerprint density at radius 3 is 2.85 bits per heavy atom. The van der Waals surface area contributed by atoms with Gasteiger partial charge in [0.1, 0.15) is 0 Å². The summed E-state index contributed by atoms with van der Waals surface area (Å²) in [7, 11) is 1.68. The third-order valence-corrected chi connectivity index (χ3v) is 3.96. The Balaban J connectivity index is 2.27. The highest BCUT2D eigenvalue weighted by Gasteiger charge is 2.33. The summed E-state index contributed by atoms with van der Waals surface area (Å²) >= 11 is 0. The average Bonchev–Trinajstić information content (AvgIpc) is 2.53. The molecular weight excluding hydrogens is 250 g/mol. The van der Waals surface area contributed by atoms with Crippen LogP contribution in [0.4, 0.5) is 0 Å². The number of nitriles is 1. The molecule has 0 radical (unpaired) electrons. The van der Waals surface area contributed by atoms with Crippen molar-refractivity contribution in [3.63, 3.8) is 0 Å². The van der Waals surface area contributed by atoms with Gasteiger partial charge in [0.25, 0.3) is 0 Å². The number of hydrogen-bond acceptors (Lipinski definition) is 3. The van der Waals surface area contributed by atoms with Crippen LogP contribution in [-0.2, 0) is 4.79 Å². The standard InChI is InChI=1S/C16H21N3O/c1-18-16(20)15-9-5-6-12-19(15)14(10-11-17)13-7-3-2-4-8-13/h2-4,7-8,14-15H,5-6,9-10,12H2,1H3,(H,18,20). The van der Waals surface area contributed by atoms with Gasteiger partial charge >= 0.3 is 0 Å². The monoisotopic (exact) mass is 271 g/mol. The third kappa shape index (κ3) is 3.17. The van der Waals surface area contributed by atoms with Gasteiger partial charge in [0, 0.05) is 13.1 Å². The minimum absolute atomic E-state index is 0.00352. The molecule has 1 aliphatic rings. The Labute approximate surface area is 120 Å². The Bertz CT molecular complexity index is 480. The first-order valence-corrected chi connectivity index (χ1v) is 7.17. The van der Waals surface area contributed by atoms with E-state index < -0.39 is 0 Å². The molecule has 1 saturated heterocycles. The van der Waals surface area contributed by atoms with Crippen LogP contribution < -0.4 is 5.32 Å². The van der Waals surface area contributed by atoms with Crippen LogP contribution in [0, 0.1) is 11.3 Å². The van der Waals surface area contributed by atoms with Crippen LogP contribution in [0.3, 0.4) is 0 Å². The first kappa shape index (κ1) is 14.5. The van der Waals surface area contributed by atoms with Crippen LogP contribution >= 0.6 is 0 Å². The van der Waals surface area contributed by atoms with E-state index in [1.165, 1.54) is 0 Å². The number of carbonyl (C=O) groups excluding carboxylic acids is 1. The summed E-state index contributed by atoms with van der Waals surface area (Å²) in [4.78, 5) is 14.3. The first-order valence-electron chi connectivity index (χ1n) is 7.17. The molecule has 1 aliphatic heterocycles. The predicted molar refractivity (Wildman–Crippen MR) is 77.8 cm³/mol. The van der Waals surface area contributed by atoms with Gasteiger partial charge in [-0.15, -0.1) is 0 Å². The molecule has 2 rings (SSSR count). The lowest BCUT2D eigenvalue weighted by Crippen LogP contribution is -2.50. The molecule has 106 valence electrons. The number of hydrogen-bond donors (Lipinski definition) is 1. The van der Waals surface area contributed by atoms with Crippen molar-refractivity contribution in [2.75, 3.05) is 13.6 Å². The molecule has 0 bridgehead atoms. The van der Waals surface area contributed by atoms with Gasteiger partial charge in [-0.2, -0.15) is 5.26 Å². The van der Waals surface area contributed by atoms with Crippen LogP contribution in [0.25, 0.3) is 0 Å². The third-order valence-electron chi connectivity index (χ3n) is 3.96. The molecule has 1 N–H and O–H groups in total. The topological polar surface area (TPSA) is 56.1 Å². The minimum Gasteiger partial charge on any atom is -0.358 e. The molecule has 0 saturated carbocycles. The van der Waals surface area contributed by atoms with Crippen molar-refractivity contribution in [2.24, 2.45) is 0 Å². The summed E-state index contributed by atoms with van der Waals surface area (Å²) < 4.78 is 0. The zero-order valence-electron chi connectivity index (χ0n) is 11.9. The van der Waals surface area contributed by atoms with Crippen molar-refractivity contribution in [1.29, 1.82) is 5.26 Å². The van der Waals surface area contributed by atoms with Gasteiger partial charge in [-0.3, -0.25) is 9.69 Å². The van der Waals surface area contributed by atoms with Crippen molar-refractivity contribution in [3.05, 3.63) is 35.9 Å². The van der Waals surface area contributed by atoms with Crippen molar-refractivity contribution >= 4 is 5.91 Å². The lowest BCUT2D eigenvalue weighted by Gasteiger charge is -2.39. The molecule has 1 heterocycles. The SMILES string of the molecule is CNC(=O)C1CCCCN1C(CC#N)c1ccccc1. The molecule has 1 aromatic rings. The quantitative estimate of drug-likeness (QED) is 0.913. The van der Waals surface area contributed by atoms with Crippen LogP contribution in [0.2, 0.25) is 0 Å². The number of carbonyl (C=O) groups is 1. The Morgan fingerprint density at radius 1 is 1.45 bits per heavy atom. The first-order chi connectivity index (χ1) is 9.77. The predicted octanol–water partition coefficient (Wildman–Crippen LogP) is 2.24. The van der Waals surface area contributed by atoms with Gasteiger partial charge in [0.2, 0.25) is 5.91 Å². The molecule has 0 aromatic heterocycles. The summed E-state index contributed by atoms with van der Waals surface area (Å²) in [6, 6.07) is 12.2. The van der Waals surface area contributed by atoms with Gasteiger partial charge in [0.05, 0.1) is 18.5 Å². The number of nitrogens with zero attached hydrogens (tertiary/aromatic N) is 2. The maximum atomic E-state index is 12.1. The zero-order chi connectivity index (χ0) is 14.4. The molecule has 2 atom stereocenters. The fourth-order valence-corrected chi connectivity index (χ4v) is 2.96. The Morgan fingerprint density at radius 2 is 2.20 bits per heavy atom. The molecule has 20 heavy (non-hydrogen) atoms. The smallest absolute Gasteiger partial charge is 0.237 e. The summed E-state index contributed by atoms with van der Waals surface area (Å²) in [6.45, 7) is 0.874. The second-order valence-electron chi connectivity index (χ2n) is 5.15. The molecule has 4 nitrogen and oxygen atoms in total. The number of likely N-dealkylation sites (tertiary alicyclic amines) is 1. The number of rotatable bonds is 4. The van der Waals surface area contributed by atoms with Gasteiger partial charge in [-0.05, 0) is 24.9 Å². The van der Waals surface area contributed by atoms with E-state index in [0.29, 0.717) is 6.42 Å². The minimum atomic E-state index is -0.118. The molecule has 4 heteroatoms. The molecule has 2 unspecified atom stereocenters. The Kier molecular flexibility index (Phi) is 5.14. The van der Waals surface area contributed by atoms with Crippen LogP contribution in [0.15, 0.2) is 30.3 Å². The lowest BCUT2D eigenvalue weighted by atomic mass is 9.94. The summed E-state index contributed by atoms with van der Waals surface area (Å²) in [5, 5.41) is 11.9. The maximum Gasteiger partial charge on any atom is 0.237 e. The van der Waals surface area contributed by atoms with Gasteiger partial charge < -0.3 is 5.32 Å². The van der Waals surface area contributed by atoms with Gasteiger partial charge in [0.15, 0.2) is 0 Å². The summed E-state index contributed by atoms with van der Waals surface area (Å²) in [6.07, 6.45) is 3.44. The molecule has 0 spiro atoms. The summed E-state index contributed by atoms with van der Waals surface area (Å²) in [5.41, 5.74) is 1.12. The van der Waals surface area contributed by atoms with E-state index in [9.17, 15) is 4.79 Å². The van der Waals surface area contributed by atoms with Crippen LogP contribution in [0.1, 0.15) is 37.3 Å². The van der Waals surface area contributed by atoms with E-state index in [1.54, 1.807) is 7.05 Å². The van der Waals surface area contributed by atoms with Gasteiger partial charge in [-0.25, -0.2) is 0 Å². The lowest BCUT2D eigenvalue weighted by molar-refractivity contribution is -0.128.